The van der Waals surface area contributed by atoms with Crippen molar-refractivity contribution in [3.8, 4) is 5.75 Å². The van der Waals surface area contributed by atoms with Gasteiger partial charge in [-0.1, -0.05) is 12.1 Å². The fourth-order valence-corrected chi connectivity index (χ4v) is 4.64. The molecule has 0 unspecified atom stereocenters. The third kappa shape index (κ3) is 4.43. The number of benzene rings is 1. The lowest BCUT2D eigenvalue weighted by Crippen LogP contribution is -2.54. The molecule has 146 valence electrons. The van der Waals surface area contributed by atoms with Gasteiger partial charge in [-0.25, -0.2) is 4.79 Å². The average molecular weight is 372 g/mol. The zero-order valence-corrected chi connectivity index (χ0v) is 15.7. The molecule has 0 bridgehead atoms. The van der Waals surface area contributed by atoms with E-state index < -0.39 is 5.97 Å². The number of likely N-dealkylation sites (tertiary alicyclic amines) is 2. The van der Waals surface area contributed by atoms with Crippen LogP contribution >= 0.6 is 0 Å². The van der Waals surface area contributed by atoms with Gasteiger partial charge in [0.1, 0.15) is 5.75 Å². The van der Waals surface area contributed by atoms with E-state index >= 15 is 0 Å². The molecule has 2 saturated heterocycles. The zero-order valence-electron chi connectivity index (χ0n) is 15.7. The minimum Gasteiger partial charge on any atom is -0.482 e. The van der Waals surface area contributed by atoms with Crippen molar-refractivity contribution in [3.05, 3.63) is 29.8 Å². The topological polar surface area (TPSA) is 70.1 Å². The van der Waals surface area contributed by atoms with Crippen molar-refractivity contribution < 1.29 is 19.4 Å². The molecule has 27 heavy (non-hydrogen) atoms. The monoisotopic (exact) mass is 372 g/mol. The highest BCUT2D eigenvalue weighted by atomic mass is 16.5. The maximum atomic E-state index is 12.3. The molecular weight excluding hydrogens is 344 g/mol. The number of ether oxygens (including phenoxy) is 1. The van der Waals surface area contributed by atoms with Gasteiger partial charge in [-0.05, 0) is 56.3 Å². The van der Waals surface area contributed by atoms with Crippen LogP contribution in [0.25, 0.3) is 0 Å². The van der Waals surface area contributed by atoms with Crippen LogP contribution in [0.3, 0.4) is 0 Å². The third-order valence-corrected chi connectivity index (χ3v) is 6.12. The quantitative estimate of drug-likeness (QED) is 0.831. The van der Waals surface area contributed by atoms with E-state index in [0.29, 0.717) is 24.1 Å². The molecule has 6 heteroatoms. The van der Waals surface area contributed by atoms with Crippen LogP contribution in [0.2, 0.25) is 0 Å². The Morgan fingerprint density at radius 2 is 1.96 bits per heavy atom. The molecule has 0 radical (unpaired) electrons. The predicted molar refractivity (Wildman–Crippen MR) is 100 cm³/mol. The second-order valence-corrected chi connectivity index (χ2v) is 8.39. The first kappa shape index (κ1) is 18.3. The summed E-state index contributed by atoms with van der Waals surface area (Å²) in [6, 6.07) is 8.22. The largest absolute Gasteiger partial charge is 0.482 e. The summed E-state index contributed by atoms with van der Waals surface area (Å²) >= 11 is 0. The molecule has 1 N–H and O–H groups in total. The SMILES string of the molecule is O=C(O)COc1ccc(CN2CCC[C@@]3(CCC(=O)N(C4CC4)C3)C2)cc1. The van der Waals surface area contributed by atoms with Gasteiger partial charge in [0.15, 0.2) is 6.61 Å². The molecular formula is C21H28N2O4. The van der Waals surface area contributed by atoms with Gasteiger partial charge in [0, 0.05) is 37.5 Å². The molecule has 1 aromatic rings. The first-order chi connectivity index (χ1) is 13.0. The van der Waals surface area contributed by atoms with Crippen molar-refractivity contribution in [3.63, 3.8) is 0 Å². The van der Waals surface area contributed by atoms with Crippen molar-refractivity contribution in [2.45, 2.75) is 51.1 Å². The Hall–Kier alpha value is -2.08. The van der Waals surface area contributed by atoms with Gasteiger partial charge in [-0.15, -0.1) is 0 Å². The molecule has 3 fully saturated rings. The number of nitrogens with zero attached hydrogens (tertiary/aromatic N) is 2. The molecule has 6 nitrogen and oxygen atoms in total. The van der Waals surface area contributed by atoms with E-state index in [1.165, 1.54) is 31.2 Å². The number of carbonyl (C=O) groups is 2. The predicted octanol–water partition coefficient (Wildman–Crippen LogP) is 2.52. The molecule has 1 atom stereocenters. The van der Waals surface area contributed by atoms with E-state index in [9.17, 15) is 9.59 Å². The highest BCUT2D eigenvalue weighted by Crippen LogP contribution is 2.42. The first-order valence-electron chi connectivity index (χ1n) is 9.98. The maximum absolute atomic E-state index is 12.3. The number of hydrogen-bond donors (Lipinski definition) is 1. The van der Waals surface area contributed by atoms with Crippen LogP contribution in [0.4, 0.5) is 0 Å². The first-order valence-corrected chi connectivity index (χ1v) is 9.98. The fraction of sp³-hybridized carbons (Fsp3) is 0.619. The summed E-state index contributed by atoms with van der Waals surface area (Å²) in [6.07, 6.45) is 6.51. The van der Waals surface area contributed by atoms with E-state index in [-0.39, 0.29) is 12.0 Å². The van der Waals surface area contributed by atoms with Crippen LogP contribution in [-0.4, -0.2) is 59.1 Å². The van der Waals surface area contributed by atoms with Crippen LogP contribution in [0, 0.1) is 5.41 Å². The Labute approximate surface area is 160 Å². The summed E-state index contributed by atoms with van der Waals surface area (Å²) in [5.41, 5.74) is 1.47. The molecule has 1 saturated carbocycles. The number of carbonyl (C=O) groups excluding carboxylic acids is 1. The fourth-order valence-electron chi connectivity index (χ4n) is 4.64. The summed E-state index contributed by atoms with van der Waals surface area (Å²) in [4.78, 5) is 27.5. The van der Waals surface area contributed by atoms with Gasteiger partial charge >= 0.3 is 5.97 Å². The van der Waals surface area contributed by atoms with E-state index in [2.05, 4.69) is 9.80 Å². The number of carboxylic acids is 1. The molecule has 2 aliphatic heterocycles. The second-order valence-electron chi connectivity index (χ2n) is 8.39. The lowest BCUT2D eigenvalue weighted by atomic mass is 9.73. The van der Waals surface area contributed by atoms with Crippen LogP contribution in [0.5, 0.6) is 5.75 Å². The Kier molecular flexibility index (Phi) is 5.08. The molecule has 1 amide bonds. The molecule has 0 aromatic heterocycles. The van der Waals surface area contributed by atoms with Gasteiger partial charge in [0.05, 0.1) is 0 Å². The van der Waals surface area contributed by atoms with Crippen LogP contribution in [0.1, 0.15) is 44.1 Å². The van der Waals surface area contributed by atoms with Gasteiger partial charge < -0.3 is 14.7 Å². The molecule has 1 spiro atoms. The third-order valence-electron chi connectivity index (χ3n) is 6.12. The van der Waals surface area contributed by atoms with Crippen molar-refractivity contribution >= 4 is 11.9 Å². The normalized spacial score (nSPS) is 26.4. The number of piperidine rings is 2. The summed E-state index contributed by atoms with van der Waals surface area (Å²) < 4.78 is 5.20. The van der Waals surface area contributed by atoms with E-state index in [1.54, 1.807) is 0 Å². The van der Waals surface area contributed by atoms with Gasteiger partial charge in [-0.3, -0.25) is 9.69 Å². The van der Waals surface area contributed by atoms with Crippen molar-refractivity contribution in [2.24, 2.45) is 5.41 Å². The Morgan fingerprint density at radius 1 is 1.19 bits per heavy atom. The van der Waals surface area contributed by atoms with E-state index in [0.717, 1.165) is 32.6 Å². The molecule has 1 aliphatic carbocycles. The molecule has 1 aromatic carbocycles. The summed E-state index contributed by atoms with van der Waals surface area (Å²) in [5, 5.41) is 8.68. The average Bonchev–Trinajstić information content (AvgIpc) is 3.49. The van der Waals surface area contributed by atoms with E-state index in [1.807, 2.05) is 24.3 Å². The minimum absolute atomic E-state index is 0.263. The van der Waals surface area contributed by atoms with Gasteiger partial charge in [0.2, 0.25) is 5.91 Å². The minimum atomic E-state index is -0.969. The van der Waals surface area contributed by atoms with Crippen LogP contribution in [-0.2, 0) is 16.1 Å². The van der Waals surface area contributed by atoms with Crippen LogP contribution < -0.4 is 4.74 Å². The Morgan fingerprint density at radius 3 is 2.67 bits per heavy atom. The lowest BCUT2D eigenvalue weighted by Gasteiger charge is -2.48. The van der Waals surface area contributed by atoms with E-state index in [4.69, 9.17) is 9.84 Å². The highest BCUT2D eigenvalue weighted by molar-refractivity contribution is 5.78. The lowest BCUT2D eigenvalue weighted by molar-refractivity contribution is -0.140. The number of rotatable bonds is 6. The number of carboxylic acid groups (broad SMARTS) is 1. The molecule has 3 aliphatic rings. The summed E-state index contributed by atoms with van der Waals surface area (Å²) in [5.74, 6) is -0.0248. The number of amides is 1. The summed E-state index contributed by atoms with van der Waals surface area (Å²) in [7, 11) is 0. The second kappa shape index (κ2) is 7.50. The van der Waals surface area contributed by atoms with Gasteiger partial charge in [-0.2, -0.15) is 0 Å². The van der Waals surface area contributed by atoms with Crippen molar-refractivity contribution in [2.75, 3.05) is 26.2 Å². The zero-order chi connectivity index (χ0) is 18.9. The smallest absolute Gasteiger partial charge is 0.341 e. The van der Waals surface area contributed by atoms with Crippen LogP contribution in [0.15, 0.2) is 24.3 Å². The van der Waals surface area contributed by atoms with Crippen molar-refractivity contribution in [1.82, 2.24) is 9.80 Å². The van der Waals surface area contributed by atoms with Gasteiger partial charge in [0.25, 0.3) is 0 Å². The number of aliphatic carboxylic acids is 1. The standard InChI is InChI=1S/C21H28N2O4/c24-19-8-10-21(15-23(19)17-4-5-17)9-1-11-22(14-21)12-16-2-6-18(7-3-16)27-13-20(25)26/h2-3,6-7,17H,1,4-5,8-15H2,(H,25,26)/t21-/m1/s1. The molecule has 4 rings (SSSR count). The highest BCUT2D eigenvalue weighted by Gasteiger charge is 2.45. The summed E-state index contributed by atoms with van der Waals surface area (Å²) in [6.45, 7) is 3.66. The number of hydrogen-bond acceptors (Lipinski definition) is 4. The van der Waals surface area contributed by atoms with Crippen molar-refractivity contribution in [1.29, 1.82) is 0 Å². The Bertz CT molecular complexity index is 701. The Balaban J connectivity index is 1.35. The maximum Gasteiger partial charge on any atom is 0.341 e. The molecule has 2 heterocycles.